The number of rotatable bonds is 15. The van der Waals surface area contributed by atoms with Gasteiger partial charge in [0.15, 0.2) is 11.5 Å². The summed E-state index contributed by atoms with van der Waals surface area (Å²) in [7, 11) is 3.09. The lowest BCUT2D eigenvalue weighted by Crippen LogP contribution is -2.37. The van der Waals surface area contributed by atoms with Crippen molar-refractivity contribution < 1.29 is 28.5 Å². The third-order valence-electron chi connectivity index (χ3n) is 8.25. The molecule has 0 spiro atoms. The molecule has 2 aromatic heterocycles. The van der Waals surface area contributed by atoms with Crippen molar-refractivity contribution >= 4 is 46.5 Å². The van der Waals surface area contributed by atoms with Crippen LogP contribution >= 0.6 is 34.5 Å². The van der Waals surface area contributed by atoms with Crippen molar-refractivity contribution in [1.29, 1.82) is 0 Å². The van der Waals surface area contributed by atoms with Gasteiger partial charge in [0.1, 0.15) is 23.1 Å². The Morgan fingerprint density at radius 2 is 1.68 bits per heavy atom. The fraction of sp³-hybridized carbons (Fsp3) is 0.361. The average Bonchev–Trinajstić information content (AvgIpc) is 3.54. The standard InChI is InChI=1S/C36H38Cl2N2O6S/c1-4-8-22-15-25(16-22)45-36(42)34(23-9-6-5-7-10-23)40-19-26-12-14-33(47-26)35(41)46-31(18-27-28(37)20-39-21-29(27)38)24-11-13-30(43-2)32(17-24)44-3/h5-7,9-14,17,20-22,25,31,34,40H,4,8,15-16,18-19H2,1-3H3/t22?,25?,31-,34?/m0/s1. The Kier molecular flexibility index (Phi) is 12.2. The number of carbonyl (C=O) groups is 2. The second kappa shape index (κ2) is 16.5. The van der Waals surface area contributed by atoms with Crippen LogP contribution in [-0.2, 0) is 27.2 Å². The monoisotopic (exact) mass is 696 g/mol. The Balaban J connectivity index is 1.29. The summed E-state index contributed by atoms with van der Waals surface area (Å²) in [6.45, 7) is 2.53. The van der Waals surface area contributed by atoms with E-state index < -0.39 is 18.1 Å². The van der Waals surface area contributed by atoms with E-state index in [1.165, 1.54) is 23.7 Å². The Hall–Kier alpha value is -3.63. The maximum Gasteiger partial charge on any atom is 0.348 e. The van der Waals surface area contributed by atoms with E-state index in [0.717, 1.165) is 36.1 Å². The van der Waals surface area contributed by atoms with Crippen LogP contribution in [0.3, 0.4) is 0 Å². The zero-order valence-corrected chi connectivity index (χ0v) is 28.9. The second-order valence-corrected chi connectivity index (χ2v) is 13.5. The van der Waals surface area contributed by atoms with Gasteiger partial charge in [-0.15, -0.1) is 11.3 Å². The number of nitrogens with zero attached hydrogens (tertiary/aromatic N) is 1. The van der Waals surface area contributed by atoms with Crippen molar-refractivity contribution in [2.75, 3.05) is 14.2 Å². The molecule has 47 heavy (non-hydrogen) atoms. The van der Waals surface area contributed by atoms with Gasteiger partial charge in [0, 0.05) is 30.2 Å². The molecule has 1 aliphatic rings. The van der Waals surface area contributed by atoms with Gasteiger partial charge in [-0.2, -0.15) is 0 Å². The topological polar surface area (TPSA) is 96.0 Å². The molecule has 248 valence electrons. The summed E-state index contributed by atoms with van der Waals surface area (Å²) < 4.78 is 22.8. The number of aromatic nitrogens is 1. The largest absolute Gasteiger partial charge is 0.493 e. The van der Waals surface area contributed by atoms with Gasteiger partial charge < -0.3 is 18.9 Å². The summed E-state index contributed by atoms with van der Waals surface area (Å²) in [5.41, 5.74) is 2.10. The molecular weight excluding hydrogens is 659 g/mol. The molecule has 0 bridgehead atoms. The van der Waals surface area contributed by atoms with Gasteiger partial charge in [-0.3, -0.25) is 10.3 Å². The van der Waals surface area contributed by atoms with Crippen LogP contribution in [0.5, 0.6) is 11.5 Å². The van der Waals surface area contributed by atoms with Gasteiger partial charge in [0.25, 0.3) is 0 Å². The molecule has 0 amide bonds. The molecule has 1 saturated carbocycles. The summed E-state index contributed by atoms with van der Waals surface area (Å²) in [6.07, 6.45) is 6.57. The quantitative estimate of drug-likeness (QED) is 0.124. The molecule has 11 heteroatoms. The number of carbonyl (C=O) groups excluding carboxylic acids is 2. The molecule has 8 nitrogen and oxygen atoms in total. The molecule has 0 saturated heterocycles. The van der Waals surface area contributed by atoms with E-state index in [4.69, 9.17) is 42.1 Å². The van der Waals surface area contributed by atoms with Crippen LogP contribution in [0.2, 0.25) is 10.0 Å². The van der Waals surface area contributed by atoms with Gasteiger partial charge >= 0.3 is 11.9 Å². The maximum atomic E-state index is 13.5. The van der Waals surface area contributed by atoms with Crippen molar-refractivity contribution in [1.82, 2.24) is 10.3 Å². The molecule has 1 unspecified atom stereocenters. The molecule has 0 aliphatic heterocycles. The van der Waals surface area contributed by atoms with Gasteiger partial charge in [-0.05, 0) is 59.7 Å². The first-order valence-corrected chi connectivity index (χ1v) is 17.1. The van der Waals surface area contributed by atoms with E-state index in [9.17, 15) is 9.59 Å². The van der Waals surface area contributed by atoms with E-state index in [1.807, 2.05) is 42.5 Å². The number of methoxy groups -OCH3 is 2. The Labute approximate surface area is 289 Å². The average molecular weight is 698 g/mol. The molecule has 2 aromatic carbocycles. The van der Waals surface area contributed by atoms with E-state index in [2.05, 4.69) is 17.2 Å². The number of nitrogens with one attached hydrogen (secondary N) is 1. The van der Waals surface area contributed by atoms with Gasteiger partial charge in [0.05, 0.1) is 24.3 Å². The van der Waals surface area contributed by atoms with Crippen molar-refractivity contribution in [3.8, 4) is 11.5 Å². The number of halogens is 2. The highest BCUT2D eigenvalue weighted by atomic mass is 35.5. The molecule has 2 heterocycles. The van der Waals surface area contributed by atoms with Crippen molar-refractivity contribution in [2.24, 2.45) is 5.92 Å². The van der Waals surface area contributed by atoms with Crippen LogP contribution in [0.25, 0.3) is 0 Å². The summed E-state index contributed by atoms with van der Waals surface area (Å²) in [6, 6.07) is 17.8. The van der Waals surface area contributed by atoms with Crippen LogP contribution in [-0.4, -0.2) is 37.2 Å². The molecule has 5 rings (SSSR count). The van der Waals surface area contributed by atoms with E-state index >= 15 is 0 Å². The Morgan fingerprint density at radius 1 is 0.957 bits per heavy atom. The highest BCUT2D eigenvalue weighted by molar-refractivity contribution is 7.13. The van der Waals surface area contributed by atoms with Gasteiger partial charge in [-0.1, -0.05) is 79.4 Å². The van der Waals surface area contributed by atoms with E-state index in [0.29, 0.717) is 50.0 Å². The van der Waals surface area contributed by atoms with Crippen molar-refractivity contribution in [2.45, 2.75) is 63.8 Å². The van der Waals surface area contributed by atoms with Crippen molar-refractivity contribution in [3.05, 3.63) is 110 Å². The zero-order valence-electron chi connectivity index (χ0n) is 26.5. The SMILES string of the molecule is CCCC1CC(OC(=O)C(NCc2ccc(C(=O)O[C@@H](Cc3c(Cl)cncc3Cl)c3ccc(OC)c(OC)c3)s2)c2ccccc2)C1. The number of benzene rings is 2. The zero-order chi connectivity index (χ0) is 33.3. The number of pyridine rings is 1. The van der Waals surface area contributed by atoms with Crippen LogP contribution in [0, 0.1) is 5.92 Å². The van der Waals surface area contributed by atoms with Gasteiger partial charge in [0.2, 0.25) is 0 Å². The number of esters is 2. The maximum absolute atomic E-state index is 13.5. The summed E-state index contributed by atoms with van der Waals surface area (Å²) in [5.74, 6) is 0.872. The molecule has 2 atom stereocenters. The Morgan fingerprint density at radius 3 is 2.36 bits per heavy atom. The number of hydrogen-bond acceptors (Lipinski definition) is 9. The molecule has 1 aliphatic carbocycles. The normalized spacial score (nSPS) is 16.9. The van der Waals surface area contributed by atoms with Gasteiger partial charge in [-0.25, -0.2) is 9.59 Å². The molecule has 1 fully saturated rings. The predicted octanol–water partition coefficient (Wildman–Crippen LogP) is 8.56. The fourth-order valence-electron chi connectivity index (χ4n) is 5.70. The lowest BCUT2D eigenvalue weighted by molar-refractivity contribution is -0.158. The minimum Gasteiger partial charge on any atom is -0.493 e. The highest BCUT2D eigenvalue weighted by Gasteiger charge is 2.34. The summed E-state index contributed by atoms with van der Waals surface area (Å²) in [5, 5.41) is 4.09. The van der Waals surface area contributed by atoms with E-state index in [-0.39, 0.29) is 18.5 Å². The first-order chi connectivity index (χ1) is 22.8. The third-order valence-corrected chi connectivity index (χ3v) is 9.97. The minimum absolute atomic E-state index is 0.0364. The minimum atomic E-state index is -0.746. The molecule has 1 N–H and O–H groups in total. The Bertz CT molecular complexity index is 1640. The van der Waals surface area contributed by atoms with E-state index in [1.54, 1.807) is 32.4 Å². The third kappa shape index (κ3) is 8.84. The van der Waals surface area contributed by atoms with Crippen LogP contribution in [0.1, 0.15) is 76.0 Å². The van der Waals surface area contributed by atoms with Crippen molar-refractivity contribution in [3.63, 3.8) is 0 Å². The number of thiophene rings is 1. The first-order valence-electron chi connectivity index (χ1n) is 15.6. The summed E-state index contributed by atoms with van der Waals surface area (Å²) >= 11 is 14.2. The predicted molar refractivity (Wildman–Crippen MR) is 184 cm³/mol. The molecule has 0 radical (unpaired) electrons. The van der Waals surface area contributed by atoms with Crippen LogP contribution < -0.4 is 14.8 Å². The lowest BCUT2D eigenvalue weighted by atomic mass is 9.79. The van der Waals surface area contributed by atoms with Crippen LogP contribution in [0.15, 0.2) is 73.1 Å². The fourth-order valence-corrected chi connectivity index (χ4v) is 7.06. The first kappa shape index (κ1) is 34.7. The smallest absolute Gasteiger partial charge is 0.348 e. The molecular formula is C36H38Cl2N2O6S. The number of hydrogen-bond donors (Lipinski definition) is 1. The number of ether oxygens (including phenoxy) is 4. The van der Waals surface area contributed by atoms with Crippen LogP contribution in [0.4, 0.5) is 0 Å². The lowest BCUT2D eigenvalue weighted by Gasteiger charge is -2.35. The summed E-state index contributed by atoms with van der Waals surface area (Å²) in [4.78, 5) is 32.1. The highest BCUT2D eigenvalue weighted by Crippen LogP contribution is 2.37. The molecule has 4 aromatic rings. The second-order valence-electron chi connectivity index (χ2n) is 11.5.